The first-order valence-corrected chi connectivity index (χ1v) is 7.09. The Bertz CT molecular complexity index is 668. The molecule has 0 amide bonds. The monoisotopic (exact) mass is 286 g/mol. The van der Waals surface area contributed by atoms with Gasteiger partial charge in [-0.05, 0) is 30.9 Å². The van der Waals surface area contributed by atoms with Gasteiger partial charge in [0.2, 0.25) is 0 Å². The van der Waals surface area contributed by atoms with Crippen molar-refractivity contribution in [3.63, 3.8) is 0 Å². The third-order valence-corrected chi connectivity index (χ3v) is 3.89. The number of methoxy groups -OCH3 is 1. The van der Waals surface area contributed by atoms with Gasteiger partial charge in [-0.15, -0.1) is 0 Å². The van der Waals surface area contributed by atoms with Gasteiger partial charge in [0.1, 0.15) is 11.6 Å². The van der Waals surface area contributed by atoms with Crippen molar-refractivity contribution in [3.05, 3.63) is 30.5 Å². The smallest absolute Gasteiger partial charge is 0.305 e. The Morgan fingerprint density at radius 3 is 2.90 bits per heavy atom. The second-order valence-electron chi connectivity index (χ2n) is 5.40. The Hall–Kier alpha value is -2.30. The van der Waals surface area contributed by atoms with E-state index >= 15 is 0 Å². The predicted octanol–water partition coefficient (Wildman–Crippen LogP) is 2.91. The predicted molar refractivity (Wildman–Crippen MR) is 80.7 cm³/mol. The summed E-state index contributed by atoms with van der Waals surface area (Å²) in [6.45, 7) is 0. The fraction of sp³-hybridized carbons (Fsp3) is 0.375. The highest BCUT2D eigenvalue weighted by Gasteiger charge is 2.33. The summed E-state index contributed by atoms with van der Waals surface area (Å²) in [5.74, 6) is 1.17. The van der Waals surface area contributed by atoms with Crippen LogP contribution in [0.1, 0.15) is 19.3 Å². The van der Waals surface area contributed by atoms with Crippen LogP contribution in [0.4, 0.5) is 5.82 Å². The number of aliphatic carboxylic acids is 1. The molecule has 1 aromatic carbocycles. The molecule has 1 saturated carbocycles. The highest BCUT2D eigenvalue weighted by Crippen LogP contribution is 2.37. The number of ether oxygens (including phenoxy) is 1. The molecule has 110 valence electrons. The third-order valence-electron chi connectivity index (χ3n) is 3.89. The summed E-state index contributed by atoms with van der Waals surface area (Å²) in [6.07, 6.45) is 4.00. The lowest BCUT2D eigenvalue weighted by Gasteiger charge is -2.18. The largest absolute Gasteiger partial charge is 0.496 e. The molecule has 5 nitrogen and oxygen atoms in total. The van der Waals surface area contributed by atoms with Crippen LogP contribution in [-0.4, -0.2) is 29.2 Å². The number of fused-ring (bicyclic) bond motifs is 1. The summed E-state index contributed by atoms with van der Waals surface area (Å²) in [5.41, 5.74) is 0. The van der Waals surface area contributed by atoms with E-state index in [0.717, 1.165) is 35.2 Å². The fourth-order valence-corrected chi connectivity index (χ4v) is 2.67. The Balaban J connectivity index is 1.94. The van der Waals surface area contributed by atoms with Gasteiger partial charge in [0.15, 0.2) is 0 Å². The molecule has 0 saturated heterocycles. The van der Waals surface area contributed by atoms with E-state index in [9.17, 15) is 4.79 Å². The number of hydrogen-bond acceptors (Lipinski definition) is 4. The van der Waals surface area contributed by atoms with Gasteiger partial charge >= 0.3 is 5.97 Å². The first-order chi connectivity index (χ1) is 10.2. The summed E-state index contributed by atoms with van der Waals surface area (Å²) in [4.78, 5) is 15.4. The van der Waals surface area contributed by atoms with Gasteiger partial charge in [0, 0.05) is 23.0 Å². The molecule has 0 spiro atoms. The van der Waals surface area contributed by atoms with E-state index in [2.05, 4.69) is 10.3 Å². The van der Waals surface area contributed by atoms with E-state index in [0.29, 0.717) is 5.92 Å². The second-order valence-corrected chi connectivity index (χ2v) is 5.40. The van der Waals surface area contributed by atoms with Crippen LogP contribution in [0.15, 0.2) is 30.5 Å². The molecule has 1 aliphatic rings. The van der Waals surface area contributed by atoms with Crippen LogP contribution in [-0.2, 0) is 4.79 Å². The highest BCUT2D eigenvalue weighted by atomic mass is 16.5. The minimum atomic E-state index is -0.780. The average Bonchev–Trinajstić information content (AvgIpc) is 3.30. The fourth-order valence-electron chi connectivity index (χ4n) is 2.67. The highest BCUT2D eigenvalue weighted by molar-refractivity contribution is 5.96. The van der Waals surface area contributed by atoms with Gasteiger partial charge < -0.3 is 15.2 Å². The van der Waals surface area contributed by atoms with Crippen molar-refractivity contribution in [3.8, 4) is 5.75 Å². The summed E-state index contributed by atoms with van der Waals surface area (Å²) in [6, 6.07) is 7.63. The molecule has 2 N–H and O–H groups in total. The molecule has 1 heterocycles. The van der Waals surface area contributed by atoms with Crippen molar-refractivity contribution in [2.45, 2.75) is 25.3 Å². The van der Waals surface area contributed by atoms with Crippen LogP contribution in [0.25, 0.3) is 10.8 Å². The second kappa shape index (κ2) is 5.60. The van der Waals surface area contributed by atoms with Crippen LogP contribution >= 0.6 is 0 Å². The zero-order valence-electron chi connectivity index (χ0n) is 11.9. The first kappa shape index (κ1) is 13.7. The Kier molecular flexibility index (Phi) is 3.64. The molecule has 2 aromatic rings. The molecule has 1 fully saturated rings. The minimum Gasteiger partial charge on any atom is -0.496 e. The molecule has 5 heteroatoms. The van der Waals surface area contributed by atoms with Crippen LogP contribution in [0.2, 0.25) is 0 Å². The molecule has 1 unspecified atom stereocenters. The lowest BCUT2D eigenvalue weighted by Crippen LogP contribution is -2.25. The number of anilines is 1. The van der Waals surface area contributed by atoms with Crippen LogP contribution in [0, 0.1) is 5.92 Å². The van der Waals surface area contributed by atoms with Crippen LogP contribution < -0.4 is 10.1 Å². The number of pyridine rings is 1. The van der Waals surface area contributed by atoms with E-state index < -0.39 is 5.97 Å². The molecule has 0 aliphatic heterocycles. The molecule has 1 aliphatic carbocycles. The van der Waals surface area contributed by atoms with Crippen molar-refractivity contribution < 1.29 is 14.6 Å². The molecule has 21 heavy (non-hydrogen) atoms. The number of nitrogens with one attached hydrogen (secondary N) is 1. The topological polar surface area (TPSA) is 71.5 Å². The molecule has 1 atom stereocenters. The first-order valence-electron chi connectivity index (χ1n) is 7.09. The van der Waals surface area contributed by atoms with Crippen molar-refractivity contribution in [1.82, 2.24) is 4.98 Å². The number of carboxylic acid groups (broad SMARTS) is 1. The van der Waals surface area contributed by atoms with Gasteiger partial charge in [0.25, 0.3) is 0 Å². The zero-order valence-corrected chi connectivity index (χ0v) is 11.9. The SMILES string of the molecule is COc1cccc2c(NC(CC(=O)O)C3CC3)nccc12. The van der Waals surface area contributed by atoms with Crippen molar-refractivity contribution in [2.24, 2.45) is 5.92 Å². The Morgan fingerprint density at radius 2 is 2.24 bits per heavy atom. The third kappa shape index (κ3) is 2.91. The standard InChI is InChI=1S/C16H18N2O3/c1-21-14-4-2-3-12-11(14)7-8-17-16(12)18-13(9-15(19)20)10-5-6-10/h2-4,7-8,10,13H,5-6,9H2,1H3,(H,17,18)(H,19,20). The minimum absolute atomic E-state index is 0.0631. The maximum absolute atomic E-state index is 11.0. The molecular formula is C16H18N2O3. The van der Waals surface area contributed by atoms with E-state index in [4.69, 9.17) is 9.84 Å². The van der Waals surface area contributed by atoms with Gasteiger partial charge in [-0.25, -0.2) is 4.98 Å². The summed E-state index contributed by atoms with van der Waals surface area (Å²) in [7, 11) is 1.64. The molecule has 0 bridgehead atoms. The quantitative estimate of drug-likeness (QED) is 0.854. The number of rotatable bonds is 6. The lowest BCUT2D eigenvalue weighted by molar-refractivity contribution is -0.137. The number of carbonyl (C=O) groups is 1. The van der Waals surface area contributed by atoms with Gasteiger partial charge in [-0.2, -0.15) is 0 Å². The van der Waals surface area contributed by atoms with E-state index in [-0.39, 0.29) is 12.5 Å². The van der Waals surface area contributed by atoms with E-state index in [1.165, 1.54) is 0 Å². The normalized spacial score (nSPS) is 15.7. The number of hydrogen-bond donors (Lipinski definition) is 2. The summed E-state index contributed by atoms with van der Waals surface area (Å²) in [5, 5.41) is 14.3. The Morgan fingerprint density at radius 1 is 1.43 bits per heavy atom. The maximum Gasteiger partial charge on any atom is 0.305 e. The number of aromatic nitrogens is 1. The maximum atomic E-state index is 11.0. The van der Waals surface area contributed by atoms with Crippen LogP contribution in [0.5, 0.6) is 5.75 Å². The van der Waals surface area contributed by atoms with E-state index in [1.807, 2.05) is 24.3 Å². The van der Waals surface area contributed by atoms with E-state index in [1.54, 1.807) is 13.3 Å². The number of carboxylic acids is 1. The molecular weight excluding hydrogens is 268 g/mol. The summed E-state index contributed by atoms with van der Waals surface area (Å²) < 4.78 is 5.36. The zero-order chi connectivity index (χ0) is 14.8. The number of benzene rings is 1. The summed E-state index contributed by atoms with van der Waals surface area (Å²) >= 11 is 0. The average molecular weight is 286 g/mol. The van der Waals surface area contributed by atoms with Gasteiger partial charge in [-0.3, -0.25) is 4.79 Å². The molecule has 1 aromatic heterocycles. The Labute approximate surface area is 123 Å². The van der Waals surface area contributed by atoms with Gasteiger partial charge in [0.05, 0.1) is 13.5 Å². The van der Waals surface area contributed by atoms with Gasteiger partial charge in [-0.1, -0.05) is 12.1 Å². The molecule has 0 radical (unpaired) electrons. The lowest BCUT2D eigenvalue weighted by atomic mass is 10.1. The van der Waals surface area contributed by atoms with Crippen molar-refractivity contribution in [2.75, 3.05) is 12.4 Å². The van der Waals surface area contributed by atoms with Crippen molar-refractivity contribution >= 4 is 22.6 Å². The molecule has 3 rings (SSSR count). The van der Waals surface area contributed by atoms with Crippen molar-refractivity contribution in [1.29, 1.82) is 0 Å². The van der Waals surface area contributed by atoms with Crippen LogP contribution in [0.3, 0.4) is 0 Å². The number of nitrogens with zero attached hydrogens (tertiary/aromatic N) is 1.